The number of hydrogen-bond donors (Lipinski definition) is 0. The Morgan fingerprint density at radius 3 is 2.74 bits per heavy atom. The number of piperidine rings is 1. The van der Waals surface area contributed by atoms with Crippen LogP contribution in [0, 0.1) is 10.1 Å². The Kier molecular flexibility index (Phi) is 4.98. The molecule has 1 aromatic carbocycles. The van der Waals surface area contributed by atoms with Crippen LogP contribution >= 0.6 is 11.6 Å². The number of nitro groups is 1. The number of hydrogen-bond acceptors (Lipinski definition) is 4. The summed E-state index contributed by atoms with van der Waals surface area (Å²) in [5.41, 5.74) is -0.339. The van der Waals surface area contributed by atoms with Crippen LogP contribution in [0.4, 0.5) is 18.9 Å². The van der Waals surface area contributed by atoms with Crippen LogP contribution in [0.3, 0.4) is 0 Å². The van der Waals surface area contributed by atoms with E-state index in [2.05, 4.69) is 0 Å². The van der Waals surface area contributed by atoms with Gasteiger partial charge in [0.2, 0.25) is 0 Å². The highest BCUT2D eigenvalue weighted by molar-refractivity contribution is 6.30. The number of halogens is 4. The lowest BCUT2D eigenvalue weighted by Crippen LogP contribution is -2.49. The second-order valence-corrected chi connectivity index (χ2v) is 5.44. The van der Waals surface area contributed by atoms with Crippen LogP contribution in [0.25, 0.3) is 0 Å². The van der Waals surface area contributed by atoms with Gasteiger partial charge in [-0.15, -0.1) is 0 Å². The van der Waals surface area contributed by atoms with E-state index in [1.807, 2.05) is 0 Å². The molecule has 0 N–H and O–H groups in total. The van der Waals surface area contributed by atoms with E-state index in [9.17, 15) is 28.1 Å². The lowest BCUT2D eigenvalue weighted by Gasteiger charge is -2.33. The highest BCUT2D eigenvalue weighted by atomic mass is 35.5. The van der Waals surface area contributed by atoms with Gasteiger partial charge in [0.1, 0.15) is 6.10 Å². The second kappa shape index (κ2) is 6.61. The number of carbonyl (C=O) groups excluding carboxylic acids is 1. The normalized spacial score (nSPS) is 18.6. The number of rotatable bonds is 3. The number of ether oxygens (including phenoxy) is 1. The SMILES string of the molecule is O=C(N1CCC[C@H](Oc2cc(Cl)ccc2[N+](=O)[O-])C1)C(F)(F)F. The van der Waals surface area contributed by atoms with Crippen LogP contribution in [0.1, 0.15) is 12.8 Å². The van der Waals surface area contributed by atoms with Gasteiger partial charge in [0.15, 0.2) is 5.75 Å². The summed E-state index contributed by atoms with van der Waals surface area (Å²) in [4.78, 5) is 22.2. The Morgan fingerprint density at radius 2 is 2.13 bits per heavy atom. The van der Waals surface area contributed by atoms with Crippen LogP contribution < -0.4 is 4.74 Å². The standard InChI is InChI=1S/C13H12ClF3N2O4/c14-8-3-4-10(19(21)22)11(6-8)23-9-2-1-5-18(7-9)12(20)13(15,16)17/h3-4,6,9H,1-2,5,7H2/t9-/m0/s1. The number of carbonyl (C=O) groups is 1. The lowest BCUT2D eigenvalue weighted by molar-refractivity contribution is -0.386. The van der Waals surface area contributed by atoms with Gasteiger partial charge in [-0.1, -0.05) is 11.6 Å². The van der Waals surface area contributed by atoms with E-state index in [1.165, 1.54) is 12.1 Å². The van der Waals surface area contributed by atoms with Gasteiger partial charge >= 0.3 is 17.8 Å². The van der Waals surface area contributed by atoms with Gasteiger partial charge in [0.25, 0.3) is 0 Å². The number of likely N-dealkylation sites (tertiary alicyclic amines) is 1. The van der Waals surface area contributed by atoms with Crippen LogP contribution in [0.15, 0.2) is 18.2 Å². The molecule has 1 aliphatic heterocycles. The highest BCUT2D eigenvalue weighted by Gasteiger charge is 2.44. The van der Waals surface area contributed by atoms with Crippen molar-refractivity contribution in [2.45, 2.75) is 25.1 Å². The van der Waals surface area contributed by atoms with E-state index >= 15 is 0 Å². The molecule has 0 radical (unpaired) electrons. The highest BCUT2D eigenvalue weighted by Crippen LogP contribution is 2.32. The summed E-state index contributed by atoms with van der Waals surface area (Å²) in [5.74, 6) is -2.07. The zero-order valence-corrected chi connectivity index (χ0v) is 12.4. The largest absolute Gasteiger partial charge is 0.482 e. The summed E-state index contributed by atoms with van der Waals surface area (Å²) >= 11 is 5.76. The van der Waals surface area contributed by atoms with Crippen LogP contribution in [-0.2, 0) is 4.79 Å². The molecule has 2 rings (SSSR count). The topological polar surface area (TPSA) is 72.7 Å². The summed E-state index contributed by atoms with van der Waals surface area (Å²) in [5, 5.41) is 11.1. The van der Waals surface area contributed by atoms with Gasteiger partial charge in [-0.25, -0.2) is 0 Å². The molecule has 1 aliphatic rings. The molecule has 1 amide bonds. The van der Waals surface area contributed by atoms with Crippen molar-refractivity contribution in [3.8, 4) is 5.75 Å². The van der Waals surface area contributed by atoms with Crippen molar-refractivity contribution in [3.63, 3.8) is 0 Å². The first kappa shape index (κ1) is 17.3. The third-order valence-corrected chi connectivity index (χ3v) is 3.56. The minimum Gasteiger partial charge on any atom is -0.482 e. The summed E-state index contributed by atoms with van der Waals surface area (Å²) in [7, 11) is 0. The van der Waals surface area contributed by atoms with Crippen molar-refractivity contribution in [2.24, 2.45) is 0 Å². The Balaban J connectivity index is 2.13. The molecule has 1 saturated heterocycles. The smallest absolute Gasteiger partial charge is 0.471 e. The Hall–Kier alpha value is -2.03. The molecule has 23 heavy (non-hydrogen) atoms. The zero-order chi connectivity index (χ0) is 17.2. The second-order valence-electron chi connectivity index (χ2n) is 5.00. The van der Waals surface area contributed by atoms with E-state index in [4.69, 9.17) is 16.3 Å². The first-order valence-electron chi connectivity index (χ1n) is 6.65. The summed E-state index contributed by atoms with van der Waals surface area (Å²) < 4.78 is 42.8. The molecule has 1 aromatic rings. The Labute approximate surface area is 133 Å². The molecule has 126 valence electrons. The fourth-order valence-corrected chi connectivity index (χ4v) is 2.47. The predicted molar refractivity (Wildman–Crippen MR) is 74.4 cm³/mol. The molecule has 0 unspecified atom stereocenters. The first-order chi connectivity index (χ1) is 10.7. The number of amides is 1. The molecular formula is C13H12ClF3N2O4. The number of nitrogens with zero attached hydrogens (tertiary/aromatic N) is 2. The number of nitro benzene ring substituents is 1. The predicted octanol–water partition coefficient (Wildman–Crippen LogP) is 3.18. The van der Waals surface area contributed by atoms with Crippen molar-refractivity contribution in [1.29, 1.82) is 0 Å². The minimum absolute atomic E-state index is 0.0319. The minimum atomic E-state index is -4.95. The van der Waals surface area contributed by atoms with Crippen molar-refractivity contribution in [2.75, 3.05) is 13.1 Å². The Morgan fingerprint density at radius 1 is 1.43 bits per heavy atom. The van der Waals surface area contributed by atoms with Gasteiger partial charge in [-0.3, -0.25) is 14.9 Å². The number of alkyl halides is 3. The quantitative estimate of drug-likeness (QED) is 0.618. The monoisotopic (exact) mass is 352 g/mol. The molecule has 1 fully saturated rings. The average molecular weight is 353 g/mol. The molecule has 6 nitrogen and oxygen atoms in total. The van der Waals surface area contributed by atoms with E-state index < -0.39 is 23.1 Å². The van der Waals surface area contributed by atoms with Crippen LogP contribution in [-0.4, -0.2) is 41.1 Å². The lowest BCUT2D eigenvalue weighted by atomic mass is 10.1. The van der Waals surface area contributed by atoms with Gasteiger partial charge in [-0.05, 0) is 18.9 Å². The average Bonchev–Trinajstić information content (AvgIpc) is 2.45. The van der Waals surface area contributed by atoms with Crippen LogP contribution in [0.5, 0.6) is 5.75 Å². The van der Waals surface area contributed by atoms with Crippen molar-refractivity contribution in [1.82, 2.24) is 4.90 Å². The zero-order valence-electron chi connectivity index (χ0n) is 11.7. The van der Waals surface area contributed by atoms with Gasteiger partial charge < -0.3 is 9.64 Å². The summed E-state index contributed by atoms with van der Waals surface area (Å²) in [6.45, 7) is -0.322. The fraction of sp³-hybridized carbons (Fsp3) is 0.462. The maximum atomic E-state index is 12.5. The maximum absolute atomic E-state index is 12.5. The molecule has 0 spiro atoms. The maximum Gasteiger partial charge on any atom is 0.471 e. The van der Waals surface area contributed by atoms with Crippen molar-refractivity contribution < 1.29 is 27.6 Å². The summed E-state index contributed by atoms with van der Waals surface area (Å²) in [6, 6.07) is 3.69. The molecule has 0 aromatic heterocycles. The van der Waals surface area contributed by atoms with E-state index in [0.717, 1.165) is 6.07 Å². The first-order valence-corrected chi connectivity index (χ1v) is 7.03. The van der Waals surface area contributed by atoms with Gasteiger partial charge in [0.05, 0.1) is 11.5 Å². The number of benzene rings is 1. The van der Waals surface area contributed by atoms with Gasteiger partial charge in [0, 0.05) is 23.7 Å². The summed E-state index contributed by atoms with van der Waals surface area (Å²) in [6.07, 6.45) is -5.04. The van der Waals surface area contributed by atoms with E-state index in [-0.39, 0.29) is 29.5 Å². The molecule has 0 saturated carbocycles. The Bertz CT molecular complexity index is 624. The fourth-order valence-electron chi connectivity index (χ4n) is 2.31. The molecule has 1 heterocycles. The third-order valence-electron chi connectivity index (χ3n) is 3.32. The van der Waals surface area contributed by atoms with E-state index in [0.29, 0.717) is 17.7 Å². The van der Waals surface area contributed by atoms with Gasteiger partial charge in [-0.2, -0.15) is 13.2 Å². The third kappa shape index (κ3) is 4.25. The molecule has 0 bridgehead atoms. The van der Waals surface area contributed by atoms with Crippen molar-refractivity contribution in [3.05, 3.63) is 33.3 Å². The molecule has 0 aliphatic carbocycles. The van der Waals surface area contributed by atoms with Crippen LogP contribution in [0.2, 0.25) is 5.02 Å². The molecule has 10 heteroatoms. The van der Waals surface area contributed by atoms with E-state index in [1.54, 1.807) is 0 Å². The molecule has 1 atom stereocenters. The van der Waals surface area contributed by atoms with Crippen molar-refractivity contribution >= 4 is 23.2 Å². The molecular weight excluding hydrogens is 341 g/mol.